The van der Waals surface area contributed by atoms with Gasteiger partial charge in [-0.05, 0) is 45.2 Å². The summed E-state index contributed by atoms with van der Waals surface area (Å²) in [6.45, 7) is 7.21. The van der Waals surface area contributed by atoms with Gasteiger partial charge in [-0.3, -0.25) is 0 Å². The molecule has 1 heterocycles. The first kappa shape index (κ1) is 10.3. The molecule has 2 heteroatoms. The largest absolute Gasteiger partial charge is 0.492 e. The molecule has 1 N–H and O–H groups in total. The Balaban J connectivity index is 2.36. The van der Waals surface area contributed by atoms with Crippen molar-refractivity contribution in [1.82, 2.24) is 0 Å². The van der Waals surface area contributed by atoms with Crippen LogP contribution in [0.25, 0.3) is 0 Å². The molecule has 0 bridgehead atoms. The van der Waals surface area contributed by atoms with Crippen molar-refractivity contribution in [2.75, 3.05) is 11.9 Å². The monoisotopic (exact) mass is 205 g/mol. The summed E-state index contributed by atoms with van der Waals surface area (Å²) in [5, 5.41) is 3.56. The molecule has 0 fully saturated rings. The molecule has 0 aromatic heterocycles. The molecule has 15 heavy (non-hydrogen) atoms. The van der Waals surface area contributed by atoms with E-state index >= 15 is 0 Å². The van der Waals surface area contributed by atoms with Crippen LogP contribution in [0.3, 0.4) is 0 Å². The van der Waals surface area contributed by atoms with Gasteiger partial charge in [0.05, 0.1) is 12.3 Å². The molecule has 1 aliphatic heterocycles. The van der Waals surface area contributed by atoms with Crippen LogP contribution >= 0.6 is 0 Å². The molecule has 0 amide bonds. The van der Waals surface area contributed by atoms with E-state index in [1.807, 2.05) is 13.0 Å². The highest BCUT2D eigenvalue weighted by Crippen LogP contribution is 2.37. The van der Waals surface area contributed by atoms with Gasteiger partial charge < -0.3 is 10.1 Å². The van der Waals surface area contributed by atoms with Crippen LogP contribution in [0.5, 0.6) is 5.75 Å². The van der Waals surface area contributed by atoms with Crippen LogP contribution in [0.2, 0.25) is 0 Å². The Bertz CT molecular complexity index is 358. The van der Waals surface area contributed by atoms with Crippen LogP contribution in [-0.2, 0) is 6.42 Å². The van der Waals surface area contributed by atoms with E-state index in [-0.39, 0.29) is 5.54 Å². The lowest BCUT2D eigenvalue weighted by atomic mass is 9.89. The highest BCUT2D eigenvalue weighted by Gasteiger charge is 2.25. The van der Waals surface area contributed by atoms with Gasteiger partial charge in [0.15, 0.2) is 0 Å². The third-order valence-electron chi connectivity index (χ3n) is 2.90. The molecular formula is C13H19NO. The second kappa shape index (κ2) is 3.76. The Hall–Kier alpha value is -1.18. The Labute approximate surface area is 91.6 Å². The number of benzene rings is 1. The zero-order chi connectivity index (χ0) is 10.9. The summed E-state index contributed by atoms with van der Waals surface area (Å²) < 4.78 is 5.64. The lowest BCUT2D eigenvalue weighted by molar-refractivity contribution is 0.339. The number of rotatable bonds is 2. The molecule has 0 saturated carbocycles. The summed E-state index contributed by atoms with van der Waals surface area (Å²) in [6.07, 6.45) is 2.31. The first-order valence-electron chi connectivity index (χ1n) is 5.65. The minimum absolute atomic E-state index is 0.181. The van der Waals surface area contributed by atoms with Gasteiger partial charge in [0.2, 0.25) is 0 Å². The molecule has 1 aliphatic rings. The Kier molecular flexibility index (Phi) is 2.59. The van der Waals surface area contributed by atoms with Gasteiger partial charge in [-0.2, -0.15) is 0 Å². The molecule has 0 aliphatic carbocycles. The van der Waals surface area contributed by atoms with Crippen molar-refractivity contribution in [3.63, 3.8) is 0 Å². The maximum atomic E-state index is 5.64. The van der Waals surface area contributed by atoms with E-state index in [1.165, 1.54) is 17.7 Å². The summed E-state index contributed by atoms with van der Waals surface area (Å²) in [7, 11) is 0. The van der Waals surface area contributed by atoms with E-state index in [2.05, 4.69) is 31.3 Å². The summed E-state index contributed by atoms with van der Waals surface area (Å²) in [4.78, 5) is 0. The summed E-state index contributed by atoms with van der Waals surface area (Å²) in [5.74, 6) is 0.989. The molecule has 0 unspecified atom stereocenters. The normalized spacial score (nSPS) is 17.8. The van der Waals surface area contributed by atoms with Crippen molar-refractivity contribution in [1.29, 1.82) is 0 Å². The standard InChI is InChI=1S/C13H19NO/c1-4-15-11-7-5-6-10-8-9-13(2,3)14-12(10)11/h5-7,14H,4,8-9H2,1-3H3. The average Bonchev–Trinajstić information content (AvgIpc) is 2.18. The molecule has 0 saturated heterocycles. The zero-order valence-corrected chi connectivity index (χ0v) is 9.76. The van der Waals surface area contributed by atoms with Crippen molar-refractivity contribution >= 4 is 5.69 Å². The van der Waals surface area contributed by atoms with E-state index < -0.39 is 0 Å². The van der Waals surface area contributed by atoms with E-state index in [9.17, 15) is 0 Å². The minimum atomic E-state index is 0.181. The highest BCUT2D eigenvalue weighted by atomic mass is 16.5. The van der Waals surface area contributed by atoms with Gasteiger partial charge in [0, 0.05) is 5.54 Å². The van der Waals surface area contributed by atoms with Gasteiger partial charge in [-0.1, -0.05) is 12.1 Å². The lowest BCUT2D eigenvalue weighted by Gasteiger charge is -2.34. The quantitative estimate of drug-likeness (QED) is 0.800. The second-order valence-electron chi connectivity index (χ2n) is 4.73. The number of hydrogen-bond acceptors (Lipinski definition) is 2. The van der Waals surface area contributed by atoms with Crippen molar-refractivity contribution in [3.8, 4) is 5.75 Å². The van der Waals surface area contributed by atoms with Crippen molar-refractivity contribution in [3.05, 3.63) is 23.8 Å². The van der Waals surface area contributed by atoms with Crippen molar-refractivity contribution < 1.29 is 4.74 Å². The van der Waals surface area contributed by atoms with Crippen LogP contribution < -0.4 is 10.1 Å². The Morgan fingerprint density at radius 1 is 1.40 bits per heavy atom. The first-order chi connectivity index (χ1) is 7.12. The second-order valence-corrected chi connectivity index (χ2v) is 4.73. The number of anilines is 1. The van der Waals surface area contributed by atoms with Crippen LogP contribution in [0.15, 0.2) is 18.2 Å². The fourth-order valence-corrected chi connectivity index (χ4v) is 2.05. The maximum Gasteiger partial charge on any atom is 0.142 e. The van der Waals surface area contributed by atoms with Gasteiger partial charge in [0.25, 0.3) is 0 Å². The number of para-hydroxylation sites is 1. The molecular weight excluding hydrogens is 186 g/mol. The molecule has 0 spiro atoms. The third-order valence-corrected chi connectivity index (χ3v) is 2.90. The lowest BCUT2D eigenvalue weighted by Crippen LogP contribution is -2.35. The first-order valence-corrected chi connectivity index (χ1v) is 5.65. The molecule has 0 atom stereocenters. The molecule has 1 aromatic carbocycles. The van der Waals surface area contributed by atoms with Gasteiger partial charge >= 0.3 is 0 Å². The smallest absolute Gasteiger partial charge is 0.142 e. The van der Waals surface area contributed by atoms with Gasteiger partial charge in [-0.25, -0.2) is 0 Å². The number of hydrogen-bond donors (Lipinski definition) is 1. The number of ether oxygens (including phenoxy) is 1. The van der Waals surface area contributed by atoms with Crippen molar-refractivity contribution in [2.45, 2.75) is 39.2 Å². The topological polar surface area (TPSA) is 21.3 Å². The van der Waals surface area contributed by atoms with E-state index in [1.54, 1.807) is 0 Å². The van der Waals surface area contributed by atoms with Crippen LogP contribution in [-0.4, -0.2) is 12.1 Å². The molecule has 82 valence electrons. The van der Waals surface area contributed by atoms with Gasteiger partial charge in [-0.15, -0.1) is 0 Å². The summed E-state index contributed by atoms with van der Waals surface area (Å²) >= 11 is 0. The highest BCUT2D eigenvalue weighted by molar-refractivity contribution is 5.64. The minimum Gasteiger partial charge on any atom is -0.492 e. The summed E-state index contributed by atoms with van der Waals surface area (Å²) in [6, 6.07) is 6.29. The van der Waals surface area contributed by atoms with E-state index in [0.717, 1.165) is 18.8 Å². The predicted octanol–water partition coefficient (Wildman–Crippen LogP) is 3.22. The van der Waals surface area contributed by atoms with Gasteiger partial charge in [0.1, 0.15) is 5.75 Å². The Morgan fingerprint density at radius 2 is 2.20 bits per heavy atom. The molecule has 2 nitrogen and oxygen atoms in total. The predicted molar refractivity (Wildman–Crippen MR) is 63.6 cm³/mol. The summed E-state index contributed by atoms with van der Waals surface area (Å²) in [5.41, 5.74) is 2.75. The number of fused-ring (bicyclic) bond motifs is 1. The van der Waals surface area contributed by atoms with Crippen molar-refractivity contribution in [2.24, 2.45) is 0 Å². The number of aryl methyl sites for hydroxylation is 1. The fourth-order valence-electron chi connectivity index (χ4n) is 2.05. The maximum absolute atomic E-state index is 5.64. The Morgan fingerprint density at radius 3 is 2.93 bits per heavy atom. The SMILES string of the molecule is CCOc1cccc2c1NC(C)(C)CC2. The number of nitrogens with one attached hydrogen (secondary N) is 1. The van der Waals surface area contributed by atoms with E-state index in [4.69, 9.17) is 4.74 Å². The van der Waals surface area contributed by atoms with Crippen LogP contribution in [0.4, 0.5) is 5.69 Å². The molecule has 1 aromatic rings. The zero-order valence-electron chi connectivity index (χ0n) is 9.76. The molecule has 2 rings (SSSR count). The van der Waals surface area contributed by atoms with E-state index in [0.29, 0.717) is 0 Å². The third kappa shape index (κ3) is 2.09. The average molecular weight is 205 g/mol. The molecule has 0 radical (unpaired) electrons. The van der Waals surface area contributed by atoms with Crippen LogP contribution in [0.1, 0.15) is 32.8 Å². The fraction of sp³-hybridized carbons (Fsp3) is 0.538. The van der Waals surface area contributed by atoms with Crippen LogP contribution in [0, 0.1) is 0 Å².